The van der Waals surface area contributed by atoms with Crippen LogP contribution in [-0.4, -0.2) is 36.0 Å². The average molecular weight is 428 g/mol. The molecule has 2 amide bonds. The van der Waals surface area contributed by atoms with E-state index in [0.717, 1.165) is 0 Å². The van der Waals surface area contributed by atoms with Crippen LogP contribution >= 0.6 is 0 Å². The molecule has 0 heterocycles. The molecular weight excluding hydrogens is 403 g/mol. The van der Waals surface area contributed by atoms with Crippen molar-refractivity contribution in [2.24, 2.45) is 5.92 Å². The fraction of sp³-hybridized carbons (Fsp3) is 0.261. The Bertz CT molecular complexity index is 953. The van der Waals surface area contributed by atoms with E-state index in [1.165, 1.54) is 49.6 Å². The van der Waals surface area contributed by atoms with Crippen LogP contribution in [0.15, 0.2) is 54.2 Å². The van der Waals surface area contributed by atoms with Gasteiger partial charge in [-0.25, -0.2) is 9.18 Å². The first-order chi connectivity index (χ1) is 14.7. The lowest BCUT2D eigenvalue weighted by Crippen LogP contribution is -2.45. The van der Waals surface area contributed by atoms with Gasteiger partial charge in [-0.15, -0.1) is 0 Å². The number of ether oxygens (including phenoxy) is 1. The Balaban J connectivity index is 2.30. The third-order valence-corrected chi connectivity index (χ3v) is 4.34. The number of hydrogen-bond donors (Lipinski definition) is 3. The number of amides is 2. The summed E-state index contributed by atoms with van der Waals surface area (Å²) in [5.74, 6) is -2.37. The van der Waals surface area contributed by atoms with Crippen LogP contribution in [0.25, 0.3) is 6.08 Å². The number of carboxylic acid groups (broad SMARTS) is 1. The summed E-state index contributed by atoms with van der Waals surface area (Å²) in [6, 6.07) is 10.4. The summed E-state index contributed by atoms with van der Waals surface area (Å²) in [6.45, 7) is 3.67. The summed E-state index contributed by atoms with van der Waals surface area (Å²) in [5.41, 5.74) is 0.565. The Labute approximate surface area is 179 Å². The van der Waals surface area contributed by atoms with Gasteiger partial charge in [-0.3, -0.25) is 9.59 Å². The molecule has 2 rings (SSSR count). The number of carbonyl (C=O) groups is 3. The molecule has 0 aromatic heterocycles. The molecule has 0 bridgehead atoms. The smallest absolute Gasteiger partial charge is 0.326 e. The lowest BCUT2D eigenvalue weighted by Gasteiger charge is -2.18. The SMILES string of the molecule is COc1ccc(C(=O)NC(=Cc2ccc(F)cc2)C(=O)NC(CC(C)C)C(=O)O)cc1. The highest BCUT2D eigenvalue weighted by Gasteiger charge is 2.24. The van der Waals surface area contributed by atoms with E-state index < -0.39 is 29.6 Å². The number of benzene rings is 2. The van der Waals surface area contributed by atoms with Gasteiger partial charge < -0.3 is 20.5 Å². The molecule has 0 fully saturated rings. The zero-order chi connectivity index (χ0) is 23.0. The van der Waals surface area contributed by atoms with Gasteiger partial charge in [0.25, 0.3) is 11.8 Å². The molecule has 7 nitrogen and oxygen atoms in total. The minimum Gasteiger partial charge on any atom is -0.497 e. The van der Waals surface area contributed by atoms with Crippen molar-refractivity contribution in [1.82, 2.24) is 10.6 Å². The van der Waals surface area contributed by atoms with E-state index in [0.29, 0.717) is 11.3 Å². The van der Waals surface area contributed by atoms with Gasteiger partial charge in [0.1, 0.15) is 23.3 Å². The van der Waals surface area contributed by atoms with Gasteiger partial charge >= 0.3 is 5.97 Å². The van der Waals surface area contributed by atoms with Crippen molar-refractivity contribution in [3.8, 4) is 5.75 Å². The van der Waals surface area contributed by atoms with E-state index in [9.17, 15) is 23.9 Å². The second kappa shape index (κ2) is 10.9. The molecule has 2 aromatic rings. The predicted octanol–water partition coefficient (Wildman–Crippen LogP) is 3.22. The Kier molecular flexibility index (Phi) is 8.31. The van der Waals surface area contributed by atoms with E-state index in [4.69, 9.17) is 4.74 Å². The number of aliphatic carboxylic acids is 1. The number of carboxylic acids is 1. The van der Waals surface area contributed by atoms with Crippen molar-refractivity contribution in [1.29, 1.82) is 0 Å². The van der Waals surface area contributed by atoms with Crippen molar-refractivity contribution >= 4 is 23.9 Å². The highest BCUT2D eigenvalue weighted by atomic mass is 19.1. The number of rotatable bonds is 9. The molecule has 0 radical (unpaired) electrons. The third-order valence-electron chi connectivity index (χ3n) is 4.34. The Morgan fingerprint density at radius 3 is 2.19 bits per heavy atom. The molecule has 1 atom stereocenters. The maximum atomic E-state index is 13.2. The van der Waals surface area contributed by atoms with Gasteiger partial charge in [0, 0.05) is 5.56 Å². The molecule has 164 valence electrons. The van der Waals surface area contributed by atoms with Crippen LogP contribution in [0.4, 0.5) is 4.39 Å². The van der Waals surface area contributed by atoms with Crippen LogP contribution in [0.2, 0.25) is 0 Å². The molecule has 0 aliphatic carbocycles. The van der Waals surface area contributed by atoms with Gasteiger partial charge in [0.05, 0.1) is 7.11 Å². The summed E-state index contributed by atoms with van der Waals surface area (Å²) in [7, 11) is 1.50. The van der Waals surface area contributed by atoms with Gasteiger partial charge in [-0.05, 0) is 60.4 Å². The van der Waals surface area contributed by atoms with Crippen LogP contribution in [-0.2, 0) is 9.59 Å². The quantitative estimate of drug-likeness (QED) is 0.532. The highest BCUT2D eigenvalue weighted by Crippen LogP contribution is 2.13. The van der Waals surface area contributed by atoms with E-state index in [-0.39, 0.29) is 23.6 Å². The van der Waals surface area contributed by atoms with Crippen LogP contribution in [0, 0.1) is 11.7 Å². The number of halogens is 1. The van der Waals surface area contributed by atoms with E-state index >= 15 is 0 Å². The van der Waals surface area contributed by atoms with Crippen molar-refractivity contribution < 1.29 is 28.6 Å². The topological polar surface area (TPSA) is 105 Å². The molecule has 1 unspecified atom stereocenters. The van der Waals surface area contributed by atoms with Crippen LogP contribution < -0.4 is 15.4 Å². The molecule has 2 aromatic carbocycles. The summed E-state index contributed by atoms with van der Waals surface area (Å²) < 4.78 is 18.3. The standard InChI is InChI=1S/C23H25FN2O5/c1-14(2)12-20(23(29)30)26-22(28)19(13-15-4-8-17(24)9-5-15)25-21(27)16-6-10-18(31-3)11-7-16/h4-11,13-14,20H,12H2,1-3H3,(H,25,27)(H,26,28)(H,29,30). The Morgan fingerprint density at radius 2 is 1.68 bits per heavy atom. The van der Waals surface area contributed by atoms with E-state index in [1.54, 1.807) is 12.1 Å². The molecule has 31 heavy (non-hydrogen) atoms. The van der Waals surface area contributed by atoms with E-state index in [2.05, 4.69) is 10.6 Å². The summed E-state index contributed by atoms with van der Waals surface area (Å²) >= 11 is 0. The minimum absolute atomic E-state index is 0.0276. The van der Waals surface area contributed by atoms with Gasteiger partial charge in [0.15, 0.2) is 0 Å². The van der Waals surface area contributed by atoms with Gasteiger partial charge in [-0.2, -0.15) is 0 Å². The first kappa shape index (κ1) is 23.6. The first-order valence-corrected chi connectivity index (χ1v) is 9.66. The number of methoxy groups -OCH3 is 1. The minimum atomic E-state index is -1.18. The Hall–Kier alpha value is -3.68. The number of hydrogen-bond acceptors (Lipinski definition) is 4. The number of carbonyl (C=O) groups excluding carboxylic acids is 2. The van der Waals surface area contributed by atoms with Crippen LogP contribution in [0.1, 0.15) is 36.2 Å². The molecule has 0 spiro atoms. The first-order valence-electron chi connectivity index (χ1n) is 9.66. The average Bonchev–Trinajstić information content (AvgIpc) is 2.73. The summed E-state index contributed by atoms with van der Waals surface area (Å²) in [5, 5.41) is 14.4. The van der Waals surface area contributed by atoms with Crippen molar-refractivity contribution in [2.45, 2.75) is 26.3 Å². The molecular formula is C23H25FN2O5. The third kappa shape index (κ3) is 7.26. The summed E-state index contributed by atoms with van der Waals surface area (Å²) in [4.78, 5) is 37.0. The van der Waals surface area contributed by atoms with Gasteiger partial charge in [-0.1, -0.05) is 26.0 Å². The zero-order valence-electron chi connectivity index (χ0n) is 17.5. The molecule has 3 N–H and O–H groups in total. The van der Waals surface area contributed by atoms with Crippen molar-refractivity contribution in [3.05, 3.63) is 71.2 Å². The maximum Gasteiger partial charge on any atom is 0.326 e. The summed E-state index contributed by atoms with van der Waals surface area (Å²) in [6.07, 6.45) is 1.57. The highest BCUT2D eigenvalue weighted by molar-refractivity contribution is 6.06. The monoisotopic (exact) mass is 428 g/mol. The van der Waals surface area contributed by atoms with Crippen molar-refractivity contribution in [3.63, 3.8) is 0 Å². The normalized spacial score (nSPS) is 12.2. The molecule has 8 heteroatoms. The Morgan fingerprint density at radius 1 is 1.06 bits per heavy atom. The maximum absolute atomic E-state index is 13.2. The predicted molar refractivity (Wildman–Crippen MR) is 114 cm³/mol. The second-order valence-corrected chi connectivity index (χ2v) is 7.29. The molecule has 0 aliphatic heterocycles. The lowest BCUT2D eigenvalue weighted by molar-refractivity contribution is -0.141. The lowest BCUT2D eigenvalue weighted by atomic mass is 10.0. The zero-order valence-corrected chi connectivity index (χ0v) is 17.5. The van der Waals surface area contributed by atoms with E-state index in [1.807, 2.05) is 13.8 Å². The molecule has 0 saturated carbocycles. The fourth-order valence-electron chi connectivity index (χ4n) is 2.75. The largest absolute Gasteiger partial charge is 0.497 e. The van der Waals surface area contributed by atoms with Gasteiger partial charge in [0.2, 0.25) is 0 Å². The molecule has 0 aliphatic rings. The van der Waals surface area contributed by atoms with Crippen LogP contribution in [0.3, 0.4) is 0 Å². The van der Waals surface area contributed by atoms with Crippen LogP contribution in [0.5, 0.6) is 5.75 Å². The number of nitrogens with one attached hydrogen (secondary N) is 2. The molecule has 0 saturated heterocycles. The second-order valence-electron chi connectivity index (χ2n) is 7.29. The fourth-order valence-corrected chi connectivity index (χ4v) is 2.75. The van der Waals surface area contributed by atoms with Crippen molar-refractivity contribution in [2.75, 3.05) is 7.11 Å².